The molecule has 7 nitrogen and oxygen atoms in total. The largest absolute Gasteiger partial charge is 0.484 e. The molecule has 1 rings (SSSR count). The standard InChI is InChI=1S/C9H17NO6S/c1-15-5(10)3-17-9-8(14)7(13)6(12)4(2-11)16-9/h4,6-14H,2-3H2,1H3. The van der Waals surface area contributed by atoms with Gasteiger partial charge >= 0.3 is 0 Å². The Kier molecular flexibility index (Phi) is 5.63. The zero-order valence-electron chi connectivity index (χ0n) is 9.31. The molecule has 0 bridgehead atoms. The van der Waals surface area contributed by atoms with Gasteiger partial charge in [-0.15, -0.1) is 11.8 Å². The molecular formula is C9H17NO6S. The molecule has 5 atom stereocenters. The smallest absolute Gasteiger partial charge is 0.190 e. The monoisotopic (exact) mass is 267 g/mol. The van der Waals surface area contributed by atoms with Crippen LogP contribution in [0.15, 0.2) is 0 Å². The Morgan fingerprint density at radius 3 is 2.47 bits per heavy atom. The number of rotatable bonds is 4. The van der Waals surface area contributed by atoms with Gasteiger partial charge in [0.05, 0.1) is 19.5 Å². The maximum absolute atomic E-state index is 9.66. The highest BCUT2D eigenvalue weighted by Gasteiger charge is 2.43. The van der Waals surface area contributed by atoms with E-state index in [1.807, 2.05) is 0 Å². The first-order valence-corrected chi connectivity index (χ1v) is 6.09. The van der Waals surface area contributed by atoms with Gasteiger partial charge in [0.15, 0.2) is 5.90 Å². The van der Waals surface area contributed by atoms with Gasteiger partial charge in [0.1, 0.15) is 29.9 Å². The second-order valence-corrected chi connectivity index (χ2v) is 4.72. The number of hydrogen-bond donors (Lipinski definition) is 5. The first-order chi connectivity index (χ1) is 8.01. The summed E-state index contributed by atoms with van der Waals surface area (Å²) in [6.07, 6.45) is -4.92. The summed E-state index contributed by atoms with van der Waals surface area (Å²) in [6.45, 7) is -0.455. The lowest BCUT2D eigenvalue weighted by Crippen LogP contribution is -2.57. The van der Waals surface area contributed by atoms with Gasteiger partial charge in [-0.3, -0.25) is 5.41 Å². The highest BCUT2D eigenvalue weighted by atomic mass is 32.2. The summed E-state index contributed by atoms with van der Waals surface area (Å²) < 4.78 is 9.87. The fourth-order valence-corrected chi connectivity index (χ4v) is 2.43. The molecule has 100 valence electrons. The van der Waals surface area contributed by atoms with E-state index < -0.39 is 36.5 Å². The predicted molar refractivity (Wildman–Crippen MR) is 61.0 cm³/mol. The number of aliphatic hydroxyl groups is 4. The molecule has 1 saturated heterocycles. The van der Waals surface area contributed by atoms with Gasteiger partial charge < -0.3 is 29.9 Å². The van der Waals surface area contributed by atoms with E-state index in [1.165, 1.54) is 7.11 Å². The molecule has 0 amide bonds. The van der Waals surface area contributed by atoms with E-state index in [0.717, 1.165) is 11.8 Å². The molecular weight excluding hydrogens is 250 g/mol. The molecule has 8 heteroatoms. The quantitative estimate of drug-likeness (QED) is 0.299. The van der Waals surface area contributed by atoms with E-state index in [4.69, 9.17) is 15.3 Å². The molecule has 0 aliphatic carbocycles. The summed E-state index contributed by atoms with van der Waals surface area (Å²) >= 11 is 1.06. The molecule has 17 heavy (non-hydrogen) atoms. The lowest BCUT2D eigenvalue weighted by atomic mass is 10.0. The molecule has 1 heterocycles. The lowest BCUT2D eigenvalue weighted by Gasteiger charge is -2.39. The van der Waals surface area contributed by atoms with Gasteiger partial charge in [-0.1, -0.05) is 0 Å². The third kappa shape index (κ3) is 3.54. The Bertz CT molecular complexity index is 264. The fraction of sp³-hybridized carbons (Fsp3) is 0.889. The Morgan fingerprint density at radius 1 is 1.29 bits per heavy atom. The third-order valence-corrected chi connectivity index (χ3v) is 3.62. The molecule has 1 aliphatic heterocycles. The van der Waals surface area contributed by atoms with Crippen LogP contribution in [0.3, 0.4) is 0 Å². The Hall–Kier alpha value is -0.380. The molecule has 0 aromatic rings. The third-order valence-electron chi connectivity index (χ3n) is 2.47. The minimum absolute atomic E-state index is 0.00644. The highest BCUT2D eigenvalue weighted by molar-refractivity contribution is 8.00. The topological polar surface area (TPSA) is 123 Å². The highest BCUT2D eigenvalue weighted by Crippen LogP contribution is 2.28. The van der Waals surface area contributed by atoms with Crippen molar-refractivity contribution in [1.29, 1.82) is 5.41 Å². The summed E-state index contributed by atoms with van der Waals surface area (Å²) in [6, 6.07) is 0. The molecule has 5 N–H and O–H groups in total. The molecule has 5 unspecified atom stereocenters. The van der Waals surface area contributed by atoms with Crippen LogP contribution in [0.5, 0.6) is 0 Å². The van der Waals surface area contributed by atoms with Gasteiger partial charge in [-0.05, 0) is 0 Å². The molecule has 1 aliphatic rings. The molecule has 0 saturated carbocycles. The zero-order chi connectivity index (χ0) is 13.0. The number of nitrogens with one attached hydrogen (secondary N) is 1. The van der Waals surface area contributed by atoms with Crippen LogP contribution in [-0.4, -0.2) is 75.6 Å². The van der Waals surface area contributed by atoms with Crippen molar-refractivity contribution in [2.45, 2.75) is 29.9 Å². The lowest BCUT2D eigenvalue weighted by molar-refractivity contribution is -0.205. The van der Waals surface area contributed by atoms with E-state index >= 15 is 0 Å². The SMILES string of the molecule is COC(=N)CSC1OC(CO)C(O)C(O)C1O. The molecule has 0 spiro atoms. The molecule has 0 radical (unpaired) electrons. The minimum Gasteiger partial charge on any atom is -0.484 e. The Balaban J connectivity index is 2.56. The summed E-state index contributed by atoms with van der Waals surface area (Å²) in [5, 5.41) is 44.9. The summed E-state index contributed by atoms with van der Waals surface area (Å²) in [5.41, 5.74) is -0.818. The number of ether oxygens (including phenoxy) is 2. The molecule has 0 aromatic heterocycles. The maximum atomic E-state index is 9.66. The van der Waals surface area contributed by atoms with Crippen molar-refractivity contribution >= 4 is 17.7 Å². The van der Waals surface area contributed by atoms with Gasteiger partial charge in [-0.25, -0.2) is 0 Å². The van der Waals surface area contributed by atoms with Crippen molar-refractivity contribution in [3.63, 3.8) is 0 Å². The van der Waals surface area contributed by atoms with Gasteiger partial charge in [0.25, 0.3) is 0 Å². The summed E-state index contributed by atoms with van der Waals surface area (Å²) in [4.78, 5) is 0. The van der Waals surface area contributed by atoms with Crippen LogP contribution in [0.4, 0.5) is 0 Å². The summed E-state index contributed by atoms with van der Waals surface area (Å²) in [7, 11) is 1.36. The van der Waals surface area contributed by atoms with Crippen molar-refractivity contribution in [2.75, 3.05) is 19.5 Å². The predicted octanol–water partition coefficient (Wildman–Crippen LogP) is -1.86. The van der Waals surface area contributed by atoms with Crippen LogP contribution in [0, 0.1) is 5.41 Å². The van der Waals surface area contributed by atoms with E-state index in [9.17, 15) is 15.3 Å². The van der Waals surface area contributed by atoms with Gasteiger partial charge in [-0.2, -0.15) is 0 Å². The first-order valence-electron chi connectivity index (χ1n) is 5.04. The fourth-order valence-electron chi connectivity index (χ4n) is 1.42. The average Bonchev–Trinajstić information content (AvgIpc) is 2.34. The molecule has 0 aromatic carbocycles. The molecule has 1 fully saturated rings. The van der Waals surface area contributed by atoms with E-state index in [2.05, 4.69) is 4.74 Å². The maximum Gasteiger partial charge on any atom is 0.190 e. The van der Waals surface area contributed by atoms with Gasteiger partial charge in [0, 0.05) is 0 Å². The number of aliphatic hydroxyl groups excluding tert-OH is 4. The average molecular weight is 267 g/mol. The van der Waals surface area contributed by atoms with Crippen LogP contribution in [0.1, 0.15) is 0 Å². The summed E-state index contributed by atoms with van der Waals surface area (Å²) in [5.74, 6) is 0.172. The van der Waals surface area contributed by atoms with Crippen molar-refractivity contribution < 1.29 is 29.9 Å². The van der Waals surface area contributed by atoms with Crippen molar-refractivity contribution in [2.24, 2.45) is 0 Å². The van der Waals surface area contributed by atoms with Crippen molar-refractivity contribution in [1.82, 2.24) is 0 Å². The first kappa shape index (κ1) is 14.7. The number of thioether (sulfide) groups is 1. The van der Waals surface area contributed by atoms with Crippen molar-refractivity contribution in [3.8, 4) is 0 Å². The van der Waals surface area contributed by atoms with Crippen molar-refractivity contribution in [3.05, 3.63) is 0 Å². The zero-order valence-corrected chi connectivity index (χ0v) is 10.1. The van der Waals surface area contributed by atoms with Crippen LogP contribution in [0.25, 0.3) is 0 Å². The Morgan fingerprint density at radius 2 is 1.94 bits per heavy atom. The second-order valence-electron chi connectivity index (χ2n) is 3.64. The normalized spacial score (nSPS) is 37.8. The minimum atomic E-state index is -1.38. The van der Waals surface area contributed by atoms with Crippen LogP contribution in [-0.2, 0) is 9.47 Å². The van der Waals surface area contributed by atoms with E-state index in [0.29, 0.717) is 0 Å². The van der Waals surface area contributed by atoms with Crippen LogP contribution in [0.2, 0.25) is 0 Å². The number of hydrogen-bond acceptors (Lipinski definition) is 8. The second kappa shape index (κ2) is 6.53. The number of methoxy groups -OCH3 is 1. The van der Waals surface area contributed by atoms with Gasteiger partial charge in [0.2, 0.25) is 0 Å². The van der Waals surface area contributed by atoms with Crippen LogP contribution >= 0.6 is 11.8 Å². The van der Waals surface area contributed by atoms with Crippen LogP contribution < -0.4 is 0 Å². The Labute approximate surface area is 103 Å². The van der Waals surface area contributed by atoms with E-state index in [-0.39, 0.29) is 11.7 Å². The van der Waals surface area contributed by atoms with E-state index in [1.54, 1.807) is 0 Å².